The lowest BCUT2D eigenvalue weighted by atomic mass is 10.1. The summed E-state index contributed by atoms with van der Waals surface area (Å²) in [6, 6.07) is 0. The summed E-state index contributed by atoms with van der Waals surface area (Å²) in [7, 11) is 0. The summed E-state index contributed by atoms with van der Waals surface area (Å²) in [5.41, 5.74) is 0. The van der Waals surface area contributed by atoms with Crippen LogP contribution in [0.2, 0.25) is 0 Å². The van der Waals surface area contributed by atoms with Crippen molar-refractivity contribution in [3.8, 4) is 0 Å². The van der Waals surface area contributed by atoms with E-state index in [0.717, 1.165) is 51.6 Å². The SMILES string of the molecule is O=C1CCCCCCCCCN1.O=C1CCCCCCCN1. The molecule has 0 bridgehead atoms. The third-order valence-electron chi connectivity index (χ3n) is 4.31. The van der Waals surface area contributed by atoms with Crippen LogP contribution in [0.4, 0.5) is 0 Å². The summed E-state index contributed by atoms with van der Waals surface area (Å²) in [4.78, 5) is 22.0. The van der Waals surface area contributed by atoms with Gasteiger partial charge in [0, 0.05) is 25.9 Å². The van der Waals surface area contributed by atoms with Gasteiger partial charge in [0.05, 0.1) is 0 Å². The normalized spacial score (nSPS) is 22.4. The molecule has 2 N–H and O–H groups in total. The Balaban J connectivity index is 0.000000224. The molecule has 128 valence electrons. The molecule has 4 nitrogen and oxygen atoms in total. The molecule has 0 aromatic rings. The number of nitrogens with one attached hydrogen (secondary N) is 2. The fraction of sp³-hybridized carbons (Fsp3) is 0.889. The Bertz CT molecular complexity index is 279. The summed E-state index contributed by atoms with van der Waals surface area (Å²) in [5, 5.41) is 5.83. The third-order valence-corrected chi connectivity index (χ3v) is 4.31. The van der Waals surface area contributed by atoms with E-state index in [4.69, 9.17) is 0 Å². The molecular weight excluding hydrogens is 276 g/mol. The zero-order valence-corrected chi connectivity index (χ0v) is 14.1. The Morgan fingerprint density at radius 3 is 1.18 bits per heavy atom. The van der Waals surface area contributed by atoms with Crippen LogP contribution in [-0.4, -0.2) is 24.9 Å². The molecule has 4 heteroatoms. The van der Waals surface area contributed by atoms with E-state index in [1.165, 1.54) is 51.4 Å². The second-order valence-corrected chi connectivity index (χ2v) is 6.44. The first-order valence-electron chi connectivity index (χ1n) is 9.32. The summed E-state index contributed by atoms with van der Waals surface area (Å²) in [5.74, 6) is 0.485. The largest absolute Gasteiger partial charge is 0.356 e. The zero-order valence-electron chi connectivity index (χ0n) is 14.1. The lowest BCUT2D eigenvalue weighted by molar-refractivity contribution is -0.122. The van der Waals surface area contributed by atoms with Gasteiger partial charge in [-0.3, -0.25) is 9.59 Å². The summed E-state index contributed by atoms with van der Waals surface area (Å²) in [6.07, 6.45) is 16.3. The lowest BCUT2D eigenvalue weighted by Crippen LogP contribution is -2.23. The number of carbonyl (C=O) groups is 2. The van der Waals surface area contributed by atoms with E-state index in [1.807, 2.05) is 0 Å². The van der Waals surface area contributed by atoms with Crippen LogP contribution in [0.5, 0.6) is 0 Å². The van der Waals surface area contributed by atoms with Gasteiger partial charge < -0.3 is 10.6 Å². The van der Waals surface area contributed by atoms with E-state index in [0.29, 0.717) is 0 Å². The molecule has 2 amide bonds. The molecule has 2 aliphatic heterocycles. The minimum Gasteiger partial charge on any atom is -0.356 e. The Morgan fingerprint density at radius 2 is 0.773 bits per heavy atom. The molecule has 0 atom stereocenters. The van der Waals surface area contributed by atoms with Crippen molar-refractivity contribution in [2.45, 2.75) is 89.9 Å². The molecular formula is C18H34N2O2. The Labute approximate surface area is 135 Å². The minimum atomic E-state index is 0.238. The van der Waals surface area contributed by atoms with Gasteiger partial charge in [-0.15, -0.1) is 0 Å². The second kappa shape index (κ2) is 13.6. The van der Waals surface area contributed by atoms with Crippen LogP contribution >= 0.6 is 0 Å². The smallest absolute Gasteiger partial charge is 0.219 e. The van der Waals surface area contributed by atoms with Crippen LogP contribution < -0.4 is 10.6 Å². The van der Waals surface area contributed by atoms with Crippen LogP contribution in [0, 0.1) is 0 Å². The molecule has 22 heavy (non-hydrogen) atoms. The van der Waals surface area contributed by atoms with Gasteiger partial charge in [-0.1, -0.05) is 51.4 Å². The summed E-state index contributed by atoms with van der Waals surface area (Å²) in [6.45, 7) is 1.78. The Morgan fingerprint density at radius 1 is 0.455 bits per heavy atom. The average molecular weight is 310 g/mol. The quantitative estimate of drug-likeness (QED) is 0.717. The number of carbonyl (C=O) groups excluding carboxylic acids is 2. The van der Waals surface area contributed by atoms with Crippen molar-refractivity contribution in [1.82, 2.24) is 10.6 Å². The second-order valence-electron chi connectivity index (χ2n) is 6.44. The molecule has 0 aromatic heterocycles. The molecule has 2 aliphatic rings. The molecule has 0 spiro atoms. The highest BCUT2D eigenvalue weighted by molar-refractivity contribution is 5.76. The van der Waals surface area contributed by atoms with Gasteiger partial charge in [0.1, 0.15) is 0 Å². The average Bonchev–Trinajstić information content (AvgIpc) is 2.59. The van der Waals surface area contributed by atoms with Crippen LogP contribution in [0.25, 0.3) is 0 Å². The van der Waals surface area contributed by atoms with Gasteiger partial charge in [-0.25, -0.2) is 0 Å². The van der Waals surface area contributed by atoms with E-state index < -0.39 is 0 Å². The maximum atomic E-state index is 11.1. The molecule has 0 unspecified atom stereocenters. The Hall–Kier alpha value is -1.06. The first-order valence-corrected chi connectivity index (χ1v) is 9.32. The maximum absolute atomic E-state index is 11.1. The van der Waals surface area contributed by atoms with Crippen molar-refractivity contribution in [3.05, 3.63) is 0 Å². The van der Waals surface area contributed by atoms with Gasteiger partial charge >= 0.3 is 0 Å². The fourth-order valence-corrected chi connectivity index (χ4v) is 2.87. The minimum absolute atomic E-state index is 0.238. The molecule has 0 aromatic carbocycles. The van der Waals surface area contributed by atoms with Crippen molar-refractivity contribution in [1.29, 1.82) is 0 Å². The molecule has 0 aliphatic carbocycles. The van der Waals surface area contributed by atoms with Crippen LogP contribution in [0.15, 0.2) is 0 Å². The van der Waals surface area contributed by atoms with E-state index in [9.17, 15) is 9.59 Å². The standard InChI is InChI=1S/C10H19NO.C8H15NO/c12-10-8-6-4-2-1-3-5-7-9-11-10;10-8-6-4-2-1-3-5-7-9-8/h1-9H2,(H,11,12);1-7H2,(H,9,10). The summed E-state index contributed by atoms with van der Waals surface area (Å²) >= 11 is 0. The topological polar surface area (TPSA) is 58.2 Å². The van der Waals surface area contributed by atoms with Crippen molar-refractivity contribution < 1.29 is 9.59 Å². The van der Waals surface area contributed by atoms with Crippen molar-refractivity contribution in [2.75, 3.05) is 13.1 Å². The van der Waals surface area contributed by atoms with Crippen LogP contribution in [-0.2, 0) is 9.59 Å². The highest BCUT2D eigenvalue weighted by Gasteiger charge is 2.03. The molecule has 2 rings (SSSR count). The fourth-order valence-electron chi connectivity index (χ4n) is 2.87. The predicted molar refractivity (Wildman–Crippen MR) is 90.7 cm³/mol. The summed E-state index contributed by atoms with van der Waals surface area (Å²) < 4.78 is 0. The van der Waals surface area contributed by atoms with Crippen molar-refractivity contribution in [3.63, 3.8) is 0 Å². The molecule has 2 heterocycles. The van der Waals surface area contributed by atoms with Crippen molar-refractivity contribution in [2.24, 2.45) is 0 Å². The van der Waals surface area contributed by atoms with Crippen LogP contribution in [0.1, 0.15) is 89.9 Å². The van der Waals surface area contributed by atoms with E-state index in [1.54, 1.807) is 0 Å². The van der Waals surface area contributed by atoms with Gasteiger partial charge in [-0.05, 0) is 25.7 Å². The van der Waals surface area contributed by atoms with Crippen LogP contribution in [0.3, 0.4) is 0 Å². The number of hydrogen-bond donors (Lipinski definition) is 2. The predicted octanol–water partition coefficient (Wildman–Crippen LogP) is 3.69. The first-order chi connectivity index (χ1) is 10.8. The molecule has 0 saturated carbocycles. The molecule has 2 saturated heterocycles. The number of hydrogen-bond acceptors (Lipinski definition) is 2. The van der Waals surface area contributed by atoms with E-state index >= 15 is 0 Å². The highest BCUT2D eigenvalue weighted by Crippen LogP contribution is 2.09. The Kier molecular flexibility index (Phi) is 11.7. The number of amides is 2. The maximum Gasteiger partial charge on any atom is 0.219 e. The van der Waals surface area contributed by atoms with E-state index in [-0.39, 0.29) is 11.8 Å². The van der Waals surface area contributed by atoms with Gasteiger partial charge in [0.25, 0.3) is 0 Å². The highest BCUT2D eigenvalue weighted by atomic mass is 16.2. The molecule has 0 radical (unpaired) electrons. The number of rotatable bonds is 0. The van der Waals surface area contributed by atoms with E-state index in [2.05, 4.69) is 10.6 Å². The lowest BCUT2D eigenvalue weighted by Gasteiger charge is -2.02. The van der Waals surface area contributed by atoms with Crippen molar-refractivity contribution >= 4 is 11.8 Å². The van der Waals surface area contributed by atoms with Gasteiger partial charge in [0.2, 0.25) is 11.8 Å². The first kappa shape index (κ1) is 19.0. The van der Waals surface area contributed by atoms with Gasteiger partial charge in [0.15, 0.2) is 0 Å². The molecule has 2 fully saturated rings. The zero-order chi connectivity index (χ0) is 15.9. The monoisotopic (exact) mass is 310 g/mol. The van der Waals surface area contributed by atoms with Gasteiger partial charge in [-0.2, -0.15) is 0 Å². The third kappa shape index (κ3) is 11.6.